The Labute approximate surface area is 141 Å². The van der Waals surface area contributed by atoms with Gasteiger partial charge in [0.05, 0.1) is 39.6 Å². The molecular weight excluding hydrogens is 312 g/mol. The van der Waals surface area contributed by atoms with E-state index in [-0.39, 0.29) is 18.3 Å². The Kier molecular flexibility index (Phi) is 5.12. The van der Waals surface area contributed by atoms with Crippen molar-refractivity contribution >= 4 is 0 Å². The molecule has 3 heterocycles. The van der Waals surface area contributed by atoms with Gasteiger partial charge >= 0.3 is 0 Å². The van der Waals surface area contributed by atoms with Crippen molar-refractivity contribution in [1.82, 2.24) is 0 Å². The number of benzene rings is 1. The first-order chi connectivity index (χ1) is 11.8. The van der Waals surface area contributed by atoms with Crippen molar-refractivity contribution in [2.75, 3.05) is 46.2 Å². The van der Waals surface area contributed by atoms with Gasteiger partial charge in [0.25, 0.3) is 0 Å². The molecule has 3 unspecified atom stereocenters. The van der Waals surface area contributed by atoms with Gasteiger partial charge in [0, 0.05) is 6.42 Å². The number of ether oxygens (including phenoxy) is 6. The summed E-state index contributed by atoms with van der Waals surface area (Å²) in [6, 6.07) is 10.2. The first-order valence-corrected chi connectivity index (χ1v) is 8.56. The number of hydrogen-bond acceptors (Lipinski definition) is 6. The lowest BCUT2D eigenvalue weighted by molar-refractivity contribution is -0.263. The van der Waals surface area contributed by atoms with Gasteiger partial charge in [0.1, 0.15) is 24.9 Å². The van der Waals surface area contributed by atoms with Gasteiger partial charge in [0.2, 0.25) is 0 Å². The first-order valence-electron chi connectivity index (χ1n) is 8.56. The maximum Gasteiger partial charge on any atom is 0.196 e. The lowest BCUT2D eigenvalue weighted by Gasteiger charge is -2.33. The van der Waals surface area contributed by atoms with Crippen LogP contribution in [0.25, 0.3) is 0 Å². The number of hydrogen-bond donors (Lipinski definition) is 0. The Morgan fingerprint density at radius 3 is 1.92 bits per heavy atom. The van der Waals surface area contributed by atoms with E-state index in [9.17, 15) is 0 Å². The van der Waals surface area contributed by atoms with E-state index in [2.05, 4.69) is 12.1 Å². The molecule has 3 aliphatic rings. The predicted molar refractivity (Wildman–Crippen MR) is 84.8 cm³/mol. The molecule has 4 rings (SSSR count). The summed E-state index contributed by atoms with van der Waals surface area (Å²) in [5, 5.41) is 0. The lowest BCUT2D eigenvalue weighted by Crippen LogP contribution is -2.45. The molecule has 24 heavy (non-hydrogen) atoms. The zero-order valence-corrected chi connectivity index (χ0v) is 13.7. The Hall–Kier alpha value is -1.02. The van der Waals surface area contributed by atoms with Crippen LogP contribution in [-0.4, -0.2) is 70.3 Å². The highest BCUT2D eigenvalue weighted by molar-refractivity contribution is 5.16. The Morgan fingerprint density at radius 1 is 0.833 bits per heavy atom. The molecule has 1 aromatic carbocycles. The minimum absolute atomic E-state index is 0.174. The van der Waals surface area contributed by atoms with Gasteiger partial charge in [-0.05, 0) is 5.56 Å². The number of rotatable bonds is 12. The highest BCUT2D eigenvalue weighted by Crippen LogP contribution is 2.26. The fourth-order valence-electron chi connectivity index (χ4n) is 2.51. The molecule has 3 saturated heterocycles. The monoisotopic (exact) mass is 336 g/mol. The zero-order chi connectivity index (χ0) is 16.2. The summed E-state index contributed by atoms with van der Waals surface area (Å²) in [6.45, 7) is 4.25. The SMILES string of the molecule is c1ccc(CC(COCC2CO2)(OCC2CO2)OCC2CO2)cc1. The third-order valence-electron chi connectivity index (χ3n) is 4.21. The molecule has 3 fully saturated rings. The van der Waals surface area contributed by atoms with Gasteiger partial charge in [-0.3, -0.25) is 0 Å². The van der Waals surface area contributed by atoms with Gasteiger partial charge in [0.15, 0.2) is 5.79 Å². The maximum atomic E-state index is 6.17. The van der Waals surface area contributed by atoms with E-state index >= 15 is 0 Å². The van der Waals surface area contributed by atoms with E-state index in [0.29, 0.717) is 32.8 Å². The molecular formula is C18H24O6. The van der Waals surface area contributed by atoms with E-state index in [1.807, 2.05) is 18.2 Å². The molecule has 0 amide bonds. The van der Waals surface area contributed by atoms with Crippen molar-refractivity contribution < 1.29 is 28.4 Å². The maximum absolute atomic E-state index is 6.17. The fourth-order valence-corrected chi connectivity index (χ4v) is 2.51. The average Bonchev–Trinajstić information content (AvgIpc) is 3.47. The van der Waals surface area contributed by atoms with Crippen LogP contribution in [0.2, 0.25) is 0 Å². The molecule has 0 bridgehead atoms. The van der Waals surface area contributed by atoms with Gasteiger partial charge in [-0.1, -0.05) is 30.3 Å². The largest absolute Gasteiger partial charge is 0.373 e. The van der Waals surface area contributed by atoms with E-state index in [4.69, 9.17) is 28.4 Å². The highest BCUT2D eigenvalue weighted by atomic mass is 16.7. The normalized spacial score (nSPS) is 29.9. The van der Waals surface area contributed by atoms with Crippen LogP contribution >= 0.6 is 0 Å². The van der Waals surface area contributed by atoms with E-state index in [0.717, 1.165) is 25.4 Å². The summed E-state index contributed by atoms with van der Waals surface area (Å²) in [5.74, 6) is -0.825. The Bertz CT molecular complexity index is 494. The summed E-state index contributed by atoms with van der Waals surface area (Å²) in [7, 11) is 0. The summed E-state index contributed by atoms with van der Waals surface area (Å²) < 4.78 is 34.0. The summed E-state index contributed by atoms with van der Waals surface area (Å²) in [4.78, 5) is 0. The topological polar surface area (TPSA) is 65.3 Å². The molecule has 0 radical (unpaired) electrons. The van der Waals surface area contributed by atoms with E-state index in [1.54, 1.807) is 0 Å². The highest BCUT2D eigenvalue weighted by Gasteiger charge is 2.39. The minimum Gasteiger partial charge on any atom is -0.373 e. The summed E-state index contributed by atoms with van der Waals surface area (Å²) >= 11 is 0. The minimum atomic E-state index is -0.825. The second-order valence-corrected chi connectivity index (χ2v) is 6.58. The molecule has 0 N–H and O–H groups in total. The van der Waals surface area contributed by atoms with Crippen LogP contribution in [0.15, 0.2) is 30.3 Å². The van der Waals surface area contributed by atoms with Crippen molar-refractivity contribution in [3.8, 4) is 0 Å². The van der Waals surface area contributed by atoms with Crippen molar-refractivity contribution in [1.29, 1.82) is 0 Å². The predicted octanol–water partition coefficient (Wildman–Crippen LogP) is 1.17. The molecule has 0 aromatic heterocycles. The lowest BCUT2D eigenvalue weighted by atomic mass is 10.1. The second-order valence-electron chi connectivity index (χ2n) is 6.58. The van der Waals surface area contributed by atoms with Gasteiger partial charge in [-0.25, -0.2) is 0 Å². The smallest absolute Gasteiger partial charge is 0.196 e. The van der Waals surface area contributed by atoms with E-state index in [1.165, 1.54) is 0 Å². The van der Waals surface area contributed by atoms with Crippen molar-refractivity contribution in [3.05, 3.63) is 35.9 Å². The standard InChI is InChI=1S/C18H24O6/c1-2-4-14(5-3-1)6-18(23-11-16-9-21-16,24-12-17-10-22-17)13-19-7-15-8-20-15/h1-5,15-17H,6-13H2. The van der Waals surface area contributed by atoms with E-state index < -0.39 is 5.79 Å². The molecule has 3 atom stereocenters. The molecule has 0 aliphatic carbocycles. The van der Waals surface area contributed by atoms with Crippen LogP contribution in [0.4, 0.5) is 0 Å². The van der Waals surface area contributed by atoms with Gasteiger partial charge in [-0.2, -0.15) is 0 Å². The fraction of sp³-hybridized carbons (Fsp3) is 0.667. The van der Waals surface area contributed by atoms with Crippen LogP contribution in [-0.2, 0) is 34.8 Å². The van der Waals surface area contributed by atoms with Crippen molar-refractivity contribution in [2.24, 2.45) is 0 Å². The Morgan fingerprint density at radius 2 is 1.38 bits per heavy atom. The molecule has 6 nitrogen and oxygen atoms in total. The molecule has 3 aliphatic heterocycles. The molecule has 1 aromatic rings. The third-order valence-corrected chi connectivity index (χ3v) is 4.21. The van der Waals surface area contributed by atoms with Crippen LogP contribution in [0, 0.1) is 0 Å². The molecule has 0 spiro atoms. The van der Waals surface area contributed by atoms with Gasteiger partial charge < -0.3 is 28.4 Å². The quantitative estimate of drug-likeness (QED) is 0.422. The van der Waals surface area contributed by atoms with Crippen LogP contribution in [0.5, 0.6) is 0 Å². The third kappa shape index (κ3) is 5.24. The zero-order valence-electron chi connectivity index (χ0n) is 13.7. The van der Waals surface area contributed by atoms with Crippen molar-refractivity contribution in [3.63, 3.8) is 0 Å². The average molecular weight is 336 g/mol. The summed E-state index contributed by atoms with van der Waals surface area (Å²) in [5.41, 5.74) is 1.15. The molecule has 0 saturated carbocycles. The molecule has 6 heteroatoms. The second kappa shape index (κ2) is 7.47. The van der Waals surface area contributed by atoms with Crippen LogP contribution < -0.4 is 0 Å². The summed E-state index contributed by atoms with van der Waals surface area (Å²) in [6.07, 6.45) is 1.19. The molecule has 132 valence electrons. The first kappa shape index (κ1) is 16.4. The van der Waals surface area contributed by atoms with Crippen molar-refractivity contribution in [2.45, 2.75) is 30.5 Å². The van der Waals surface area contributed by atoms with Gasteiger partial charge in [-0.15, -0.1) is 0 Å². The van der Waals surface area contributed by atoms with Crippen LogP contribution in [0.3, 0.4) is 0 Å². The van der Waals surface area contributed by atoms with Crippen LogP contribution in [0.1, 0.15) is 5.56 Å². The Balaban J connectivity index is 1.42. The number of epoxide rings is 3.